The average molecular weight is 286 g/mol. The van der Waals surface area contributed by atoms with E-state index in [1.807, 2.05) is 0 Å². The zero-order chi connectivity index (χ0) is 15.3. The zero-order valence-electron chi connectivity index (χ0n) is 11.0. The van der Waals surface area contributed by atoms with Crippen LogP contribution in [0.4, 0.5) is 8.78 Å². The molecule has 1 rings (SSSR count). The summed E-state index contributed by atoms with van der Waals surface area (Å²) in [6, 6.07) is 1.58. The Balaban J connectivity index is 3.01. The number of hydrogen-bond donors (Lipinski definition) is 2. The van der Waals surface area contributed by atoms with E-state index in [-0.39, 0.29) is 6.54 Å². The summed E-state index contributed by atoms with van der Waals surface area (Å²) >= 11 is 0. The van der Waals surface area contributed by atoms with Crippen LogP contribution in [0.15, 0.2) is 18.2 Å². The number of carboxylic acids is 1. The summed E-state index contributed by atoms with van der Waals surface area (Å²) in [7, 11) is 0. The normalized spacial score (nSPS) is 12.0. The Morgan fingerprint density at radius 2 is 1.90 bits per heavy atom. The van der Waals surface area contributed by atoms with Crippen LogP contribution >= 0.6 is 0 Å². The SMILES string of the molecule is CCCN(CC(=O)O)C(=O)C(N)c1c(F)cccc1F. The standard InChI is InChI=1S/C13H16F2N2O3/c1-2-6-17(7-10(18)19)13(20)12(16)11-8(14)4-3-5-9(11)15/h3-5,12H,2,6-7,16H2,1H3,(H,18,19). The van der Waals surface area contributed by atoms with Crippen LogP contribution in [0.5, 0.6) is 0 Å². The minimum Gasteiger partial charge on any atom is -0.480 e. The van der Waals surface area contributed by atoms with E-state index in [9.17, 15) is 18.4 Å². The third kappa shape index (κ3) is 3.74. The number of carboxylic acid groups (broad SMARTS) is 1. The molecule has 1 atom stereocenters. The molecule has 5 nitrogen and oxygen atoms in total. The van der Waals surface area contributed by atoms with Gasteiger partial charge in [0, 0.05) is 12.1 Å². The number of halogens is 2. The Hall–Kier alpha value is -2.02. The lowest BCUT2D eigenvalue weighted by Gasteiger charge is -2.24. The predicted molar refractivity (Wildman–Crippen MR) is 67.8 cm³/mol. The highest BCUT2D eigenvalue weighted by atomic mass is 19.1. The fraction of sp³-hybridized carbons (Fsp3) is 0.385. The van der Waals surface area contributed by atoms with Gasteiger partial charge in [0.2, 0.25) is 5.91 Å². The van der Waals surface area contributed by atoms with E-state index in [1.165, 1.54) is 0 Å². The Morgan fingerprint density at radius 3 is 2.35 bits per heavy atom. The van der Waals surface area contributed by atoms with Crippen LogP contribution in [0.25, 0.3) is 0 Å². The Kier molecular flexibility index (Phi) is 5.57. The largest absolute Gasteiger partial charge is 0.480 e. The van der Waals surface area contributed by atoms with Crippen LogP contribution in [0.2, 0.25) is 0 Å². The molecule has 1 aromatic carbocycles. The van der Waals surface area contributed by atoms with Crippen molar-refractivity contribution in [1.29, 1.82) is 0 Å². The number of rotatable bonds is 6. The van der Waals surface area contributed by atoms with Gasteiger partial charge in [-0.1, -0.05) is 13.0 Å². The number of aliphatic carboxylic acids is 1. The fourth-order valence-electron chi connectivity index (χ4n) is 1.83. The van der Waals surface area contributed by atoms with Crippen LogP contribution in [0.3, 0.4) is 0 Å². The molecular weight excluding hydrogens is 270 g/mol. The van der Waals surface area contributed by atoms with E-state index in [1.54, 1.807) is 6.92 Å². The van der Waals surface area contributed by atoms with E-state index in [2.05, 4.69) is 0 Å². The fourth-order valence-corrected chi connectivity index (χ4v) is 1.83. The lowest BCUT2D eigenvalue weighted by molar-refractivity contribution is -0.145. The van der Waals surface area contributed by atoms with Gasteiger partial charge in [-0.3, -0.25) is 9.59 Å². The number of carbonyl (C=O) groups excluding carboxylic acids is 1. The molecule has 0 saturated carbocycles. The molecule has 0 saturated heterocycles. The van der Waals surface area contributed by atoms with Gasteiger partial charge in [-0.05, 0) is 18.6 Å². The third-order valence-corrected chi connectivity index (χ3v) is 2.71. The van der Waals surface area contributed by atoms with Crippen molar-refractivity contribution >= 4 is 11.9 Å². The van der Waals surface area contributed by atoms with Crippen LogP contribution in [-0.2, 0) is 9.59 Å². The summed E-state index contributed by atoms with van der Waals surface area (Å²) in [6.45, 7) is 1.34. The number of amides is 1. The molecular formula is C13H16F2N2O3. The number of benzene rings is 1. The van der Waals surface area contributed by atoms with Gasteiger partial charge in [-0.2, -0.15) is 0 Å². The monoisotopic (exact) mass is 286 g/mol. The molecule has 0 spiro atoms. The smallest absolute Gasteiger partial charge is 0.323 e. The predicted octanol–water partition coefficient (Wildman–Crippen LogP) is 1.29. The molecule has 0 aliphatic rings. The molecule has 3 N–H and O–H groups in total. The summed E-state index contributed by atoms with van der Waals surface area (Å²) < 4.78 is 27.1. The van der Waals surface area contributed by atoms with Crippen molar-refractivity contribution in [2.45, 2.75) is 19.4 Å². The minimum atomic E-state index is -1.57. The topological polar surface area (TPSA) is 83.6 Å². The highest BCUT2D eigenvalue weighted by molar-refractivity contribution is 5.86. The molecule has 110 valence electrons. The van der Waals surface area contributed by atoms with E-state index in [0.29, 0.717) is 6.42 Å². The van der Waals surface area contributed by atoms with Crippen LogP contribution < -0.4 is 5.73 Å². The highest BCUT2D eigenvalue weighted by Crippen LogP contribution is 2.20. The number of hydrogen-bond acceptors (Lipinski definition) is 3. The van der Waals surface area contributed by atoms with Crippen LogP contribution in [0, 0.1) is 11.6 Å². The molecule has 7 heteroatoms. The van der Waals surface area contributed by atoms with E-state index < -0.39 is 41.7 Å². The molecule has 0 radical (unpaired) electrons. The second-order valence-electron chi connectivity index (χ2n) is 4.27. The number of nitrogens with zero attached hydrogens (tertiary/aromatic N) is 1. The van der Waals surface area contributed by atoms with Crippen molar-refractivity contribution in [2.24, 2.45) is 5.73 Å². The van der Waals surface area contributed by atoms with Crippen molar-refractivity contribution < 1.29 is 23.5 Å². The molecule has 0 aliphatic heterocycles. The molecule has 0 heterocycles. The van der Waals surface area contributed by atoms with Crippen molar-refractivity contribution in [3.8, 4) is 0 Å². The summed E-state index contributed by atoms with van der Waals surface area (Å²) in [5.74, 6) is -3.90. The molecule has 0 bridgehead atoms. The molecule has 20 heavy (non-hydrogen) atoms. The molecule has 0 aliphatic carbocycles. The van der Waals surface area contributed by atoms with Crippen LogP contribution in [0.1, 0.15) is 24.9 Å². The lowest BCUT2D eigenvalue weighted by atomic mass is 10.0. The van der Waals surface area contributed by atoms with Gasteiger partial charge < -0.3 is 15.7 Å². The van der Waals surface area contributed by atoms with Crippen molar-refractivity contribution in [3.63, 3.8) is 0 Å². The van der Waals surface area contributed by atoms with Gasteiger partial charge in [0.25, 0.3) is 0 Å². The first kappa shape index (κ1) is 16.0. The first-order valence-corrected chi connectivity index (χ1v) is 6.08. The Bertz CT molecular complexity index is 488. The third-order valence-electron chi connectivity index (χ3n) is 2.71. The maximum absolute atomic E-state index is 13.6. The van der Waals surface area contributed by atoms with Crippen molar-refractivity contribution in [1.82, 2.24) is 4.90 Å². The first-order chi connectivity index (χ1) is 9.38. The van der Waals surface area contributed by atoms with Gasteiger partial charge in [0.05, 0.1) is 0 Å². The summed E-state index contributed by atoms with van der Waals surface area (Å²) in [4.78, 5) is 23.7. The molecule has 1 aromatic rings. The van der Waals surface area contributed by atoms with Crippen molar-refractivity contribution in [3.05, 3.63) is 35.4 Å². The Morgan fingerprint density at radius 1 is 1.35 bits per heavy atom. The van der Waals surface area contributed by atoms with Gasteiger partial charge >= 0.3 is 5.97 Å². The molecule has 0 aromatic heterocycles. The van der Waals surface area contributed by atoms with E-state index >= 15 is 0 Å². The quantitative estimate of drug-likeness (QED) is 0.825. The Labute approximate surface area is 115 Å². The first-order valence-electron chi connectivity index (χ1n) is 6.08. The molecule has 1 unspecified atom stereocenters. The summed E-state index contributed by atoms with van der Waals surface area (Å²) in [5, 5.41) is 8.74. The minimum absolute atomic E-state index is 0.148. The zero-order valence-corrected chi connectivity index (χ0v) is 11.0. The summed E-state index contributed by atoms with van der Waals surface area (Å²) in [5.41, 5.74) is 5.03. The second kappa shape index (κ2) is 6.95. The maximum Gasteiger partial charge on any atom is 0.323 e. The number of carbonyl (C=O) groups is 2. The van der Waals surface area contributed by atoms with Gasteiger partial charge in [0.1, 0.15) is 24.2 Å². The summed E-state index contributed by atoms with van der Waals surface area (Å²) in [6.07, 6.45) is 0.505. The highest BCUT2D eigenvalue weighted by Gasteiger charge is 2.28. The number of nitrogens with two attached hydrogens (primary N) is 1. The molecule has 0 fully saturated rings. The average Bonchev–Trinajstić information content (AvgIpc) is 2.36. The van der Waals surface area contributed by atoms with Gasteiger partial charge in [-0.15, -0.1) is 0 Å². The van der Waals surface area contributed by atoms with E-state index in [4.69, 9.17) is 10.8 Å². The van der Waals surface area contributed by atoms with Crippen LogP contribution in [-0.4, -0.2) is 35.0 Å². The maximum atomic E-state index is 13.6. The lowest BCUT2D eigenvalue weighted by Crippen LogP contribution is -2.42. The van der Waals surface area contributed by atoms with Gasteiger partial charge in [0.15, 0.2) is 0 Å². The molecule has 1 amide bonds. The second-order valence-corrected chi connectivity index (χ2v) is 4.27. The van der Waals surface area contributed by atoms with E-state index in [0.717, 1.165) is 23.1 Å². The van der Waals surface area contributed by atoms with Gasteiger partial charge in [-0.25, -0.2) is 8.78 Å². The van der Waals surface area contributed by atoms with Crippen molar-refractivity contribution in [2.75, 3.05) is 13.1 Å².